The van der Waals surface area contributed by atoms with E-state index in [1.54, 1.807) is 50.2 Å². The van der Waals surface area contributed by atoms with Crippen molar-refractivity contribution in [2.45, 2.75) is 50.3 Å². The molecule has 4 unspecified atom stereocenters. The zero-order valence-corrected chi connectivity index (χ0v) is 21.7. The van der Waals surface area contributed by atoms with E-state index in [9.17, 15) is 27.9 Å². The molecule has 0 radical (unpaired) electrons. The summed E-state index contributed by atoms with van der Waals surface area (Å²) in [5.74, 6) is -5.04. The lowest BCUT2D eigenvalue weighted by molar-refractivity contribution is -0.167. The molecule has 2 aromatic carbocycles. The van der Waals surface area contributed by atoms with Crippen LogP contribution in [0.25, 0.3) is 0 Å². The Hall–Kier alpha value is -3.56. The number of carbonyl (C=O) groups excluding carboxylic acids is 3. The lowest BCUT2D eigenvalue weighted by Crippen LogP contribution is -2.71. The van der Waals surface area contributed by atoms with Crippen LogP contribution in [0.2, 0.25) is 0 Å². The zero-order chi connectivity index (χ0) is 26.9. The summed E-state index contributed by atoms with van der Waals surface area (Å²) < 4.78 is 28.7. The molecule has 0 saturated carbocycles. The highest BCUT2D eigenvalue weighted by molar-refractivity contribution is 7.89. The Labute approximate surface area is 215 Å². The van der Waals surface area contributed by atoms with Gasteiger partial charge in [0, 0.05) is 0 Å². The van der Waals surface area contributed by atoms with Gasteiger partial charge in [-0.15, -0.1) is 6.58 Å². The van der Waals surface area contributed by atoms with Gasteiger partial charge in [-0.05, 0) is 49.5 Å². The van der Waals surface area contributed by atoms with Crippen LogP contribution in [-0.2, 0) is 31.0 Å². The number of sulfonamides is 1. The van der Waals surface area contributed by atoms with E-state index in [1.165, 1.54) is 12.2 Å². The Morgan fingerprint density at radius 1 is 1.03 bits per heavy atom. The first kappa shape index (κ1) is 25.1. The smallest absolute Gasteiger partial charge is 0.274 e. The van der Waals surface area contributed by atoms with Crippen molar-refractivity contribution < 1.29 is 27.9 Å². The number of amides is 3. The second kappa shape index (κ2) is 8.49. The minimum Gasteiger partial charge on any atom is -0.375 e. The third-order valence-corrected chi connectivity index (χ3v) is 9.68. The molecule has 2 bridgehead atoms. The first-order valence-corrected chi connectivity index (χ1v) is 13.5. The molecule has 2 fully saturated rings. The quantitative estimate of drug-likeness (QED) is 0.463. The van der Waals surface area contributed by atoms with Crippen molar-refractivity contribution in [2.75, 3.05) is 0 Å². The van der Waals surface area contributed by atoms with Crippen LogP contribution < -0.4 is 0 Å². The van der Waals surface area contributed by atoms with E-state index in [2.05, 4.69) is 6.58 Å². The van der Waals surface area contributed by atoms with E-state index in [4.69, 9.17) is 0 Å². The average molecular weight is 521 g/mol. The molecule has 3 amide bonds. The van der Waals surface area contributed by atoms with E-state index >= 15 is 0 Å². The molecule has 1 N–H and O–H groups in total. The number of fused-ring (bicyclic) bond motifs is 1. The summed E-state index contributed by atoms with van der Waals surface area (Å²) in [6.07, 6.45) is 3.00. The Morgan fingerprint density at radius 3 is 2.24 bits per heavy atom. The Morgan fingerprint density at radius 2 is 1.65 bits per heavy atom. The van der Waals surface area contributed by atoms with Crippen LogP contribution in [-0.4, -0.2) is 52.1 Å². The molecule has 3 heterocycles. The van der Waals surface area contributed by atoms with Gasteiger partial charge in [0.15, 0.2) is 5.60 Å². The predicted molar refractivity (Wildman–Crippen MR) is 135 cm³/mol. The molecule has 9 heteroatoms. The summed E-state index contributed by atoms with van der Waals surface area (Å²) in [4.78, 5) is 42.1. The SMILES string of the molecule is C=CCC1=CC2C3C(=O)N(Cc4ccccc4)C(=O)C3C1(O)C(=O)N2S(=O)(=O)c1c(C)cc(C)cc1C. The molecular weight excluding hydrogens is 492 g/mol. The van der Waals surface area contributed by atoms with E-state index in [-0.39, 0.29) is 23.4 Å². The maximum atomic E-state index is 14.0. The molecule has 6 rings (SSSR count). The van der Waals surface area contributed by atoms with Crippen molar-refractivity contribution in [1.29, 1.82) is 0 Å². The summed E-state index contributed by atoms with van der Waals surface area (Å²) in [6.45, 7) is 8.76. The highest BCUT2D eigenvalue weighted by Crippen LogP contribution is 2.53. The van der Waals surface area contributed by atoms with Gasteiger partial charge in [-0.3, -0.25) is 19.3 Å². The van der Waals surface area contributed by atoms with Crippen molar-refractivity contribution in [3.8, 4) is 0 Å². The van der Waals surface area contributed by atoms with Crippen molar-refractivity contribution in [1.82, 2.24) is 9.21 Å². The van der Waals surface area contributed by atoms with E-state index < -0.39 is 51.2 Å². The Balaban J connectivity index is 1.66. The fourth-order valence-corrected chi connectivity index (χ4v) is 8.20. The lowest BCUT2D eigenvalue weighted by atomic mass is 9.63. The number of likely N-dealkylation sites (tertiary alicyclic amines) is 1. The van der Waals surface area contributed by atoms with Gasteiger partial charge in [0.1, 0.15) is 0 Å². The second-order valence-corrected chi connectivity index (χ2v) is 11.8. The molecule has 4 aliphatic rings. The van der Waals surface area contributed by atoms with Crippen molar-refractivity contribution in [3.63, 3.8) is 0 Å². The van der Waals surface area contributed by atoms with Crippen LogP contribution in [0.5, 0.6) is 0 Å². The van der Waals surface area contributed by atoms with Gasteiger partial charge >= 0.3 is 0 Å². The first-order valence-electron chi connectivity index (χ1n) is 12.0. The minimum absolute atomic E-state index is 0.0395. The molecule has 0 aromatic heterocycles. The van der Waals surface area contributed by atoms with E-state index in [1.807, 2.05) is 13.0 Å². The predicted octanol–water partition coefficient (Wildman–Crippen LogP) is 2.56. The summed E-state index contributed by atoms with van der Waals surface area (Å²) in [6, 6.07) is 11.0. The fraction of sp³-hybridized carbons (Fsp3) is 0.321. The number of piperidine rings is 1. The maximum Gasteiger partial charge on any atom is 0.274 e. The van der Waals surface area contributed by atoms with Crippen molar-refractivity contribution in [2.24, 2.45) is 11.8 Å². The topological polar surface area (TPSA) is 112 Å². The van der Waals surface area contributed by atoms with Gasteiger partial charge in [-0.25, -0.2) is 12.7 Å². The van der Waals surface area contributed by atoms with E-state index in [0.29, 0.717) is 21.0 Å². The summed E-state index contributed by atoms with van der Waals surface area (Å²) in [7, 11) is -4.48. The molecule has 8 nitrogen and oxygen atoms in total. The minimum atomic E-state index is -4.48. The average Bonchev–Trinajstić information content (AvgIpc) is 3.07. The monoisotopic (exact) mass is 520 g/mol. The molecule has 4 atom stereocenters. The molecule has 0 spiro atoms. The number of hydrogen-bond donors (Lipinski definition) is 1. The zero-order valence-electron chi connectivity index (χ0n) is 20.8. The summed E-state index contributed by atoms with van der Waals surface area (Å²) in [5.41, 5.74) is 0.162. The third-order valence-electron chi connectivity index (χ3n) is 7.59. The number of imide groups is 1. The van der Waals surface area contributed by atoms with Crippen LogP contribution in [0.1, 0.15) is 28.7 Å². The van der Waals surface area contributed by atoms with Gasteiger partial charge in [0.25, 0.3) is 15.9 Å². The Bertz CT molecular complexity index is 1470. The number of hydrogen-bond acceptors (Lipinski definition) is 6. The molecular formula is C28H28N2O6S. The van der Waals surface area contributed by atoms with Gasteiger partial charge in [-0.2, -0.15) is 0 Å². The number of aryl methyl sites for hydroxylation is 3. The number of benzene rings is 2. The van der Waals surface area contributed by atoms with E-state index in [0.717, 1.165) is 10.5 Å². The van der Waals surface area contributed by atoms with Crippen LogP contribution in [0.4, 0.5) is 0 Å². The summed E-state index contributed by atoms with van der Waals surface area (Å²) >= 11 is 0. The molecule has 192 valence electrons. The highest BCUT2D eigenvalue weighted by atomic mass is 32.2. The van der Waals surface area contributed by atoms with Gasteiger partial charge in [-0.1, -0.05) is 60.2 Å². The number of nitrogens with zero attached hydrogens (tertiary/aromatic N) is 2. The largest absolute Gasteiger partial charge is 0.375 e. The van der Waals surface area contributed by atoms with Crippen LogP contribution in [0, 0.1) is 32.6 Å². The van der Waals surface area contributed by atoms with Crippen molar-refractivity contribution in [3.05, 3.63) is 89.0 Å². The standard InChI is InChI=1S/C28H28N2O6S/c1-5-9-20-14-21-22-23(26(32)29(25(22)31)15-19-10-7-6-8-11-19)28(20,34)27(33)30(21)37(35,36)24-17(3)12-16(2)13-18(24)4/h5-8,10-14,21-23,34H,1,9,15H2,2-4H3. The van der Waals surface area contributed by atoms with Crippen LogP contribution >= 0.6 is 0 Å². The van der Waals surface area contributed by atoms with Gasteiger partial charge in [0.05, 0.1) is 29.3 Å². The molecule has 1 aliphatic carbocycles. The second-order valence-electron chi connectivity index (χ2n) is 10.0. The fourth-order valence-electron chi connectivity index (χ4n) is 6.20. The summed E-state index contributed by atoms with van der Waals surface area (Å²) in [5, 5.41) is 11.9. The number of allylic oxidation sites excluding steroid dienone is 1. The van der Waals surface area contributed by atoms with Gasteiger partial charge < -0.3 is 5.11 Å². The molecule has 37 heavy (non-hydrogen) atoms. The third kappa shape index (κ3) is 3.44. The molecule has 3 aliphatic heterocycles. The first-order chi connectivity index (χ1) is 17.4. The Kier molecular flexibility index (Phi) is 5.76. The van der Waals surface area contributed by atoms with Crippen LogP contribution in [0.15, 0.2) is 71.7 Å². The number of aliphatic hydroxyl groups is 1. The molecule has 2 saturated heterocycles. The normalized spacial score (nSPS) is 27.0. The van der Waals surface area contributed by atoms with Gasteiger partial charge in [0.2, 0.25) is 11.8 Å². The van der Waals surface area contributed by atoms with Crippen LogP contribution in [0.3, 0.4) is 0 Å². The molecule has 2 aromatic rings. The number of rotatable bonds is 6. The number of carbonyl (C=O) groups is 3. The lowest BCUT2D eigenvalue weighted by Gasteiger charge is -2.51. The van der Waals surface area contributed by atoms with Crippen molar-refractivity contribution >= 4 is 27.7 Å². The maximum absolute atomic E-state index is 14.0. The highest BCUT2D eigenvalue weighted by Gasteiger charge is 2.72.